The maximum Gasteiger partial charge on any atom is 0.373 e. The van der Waals surface area contributed by atoms with E-state index in [1.807, 2.05) is 0 Å². The number of hydrogen-bond acceptors (Lipinski definition) is 8. The Morgan fingerprint density at radius 1 is 1.00 bits per heavy atom. The third-order valence-electron chi connectivity index (χ3n) is 4.64. The van der Waals surface area contributed by atoms with E-state index in [1.54, 1.807) is 24.3 Å². The number of benzene rings is 2. The van der Waals surface area contributed by atoms with Gasteiger partial charge in [0.15, 0.2) is 11.3 Å². The minimum Gasteiger partial charge on any atom is -0.462 e. The van der Waals surface area contributed by atoms with Crippen LogP contribution in [0.4, 0.5) is 14.5 Å². The smallest absolute Gasteiger partial charge is 0.373 e. The highest BCUT2D eigenvalue weighted by Gasteiger charge is 2.47. The molecule has 4 N–H and O–H groups in total. The molecule has 2 aliphatic heterocycles. The van der Waals surface area contributed by atoms with Crippen LogP contribution in [0, 0.1) is 11.6 Å². The van der Waals surface area contributed by atoms with Crippen molar-refractivity contribution in [2.45, 2.75) is 5.54 Å². The van der Waals surface area contributed by atoms with Crippen molar-refractivity contribution in [1.82, 2.24) is 4.98 Å². The molecular formula is C21H13Br2ClF2N4O4. The Bertz CT molecular complexity index is 1320. The van der Waals surface area contributed by atoms with Crippen LogP contribution in [0.3, 0.4) is 0 Å². The Morgan fingerprint density at radius 2 is 1.65 bits per heavy atom. The highest BCUT2D eigenvalue weighted by atomic mass is 79.9. The number of aliphatic imine (C=N–C) groups is 1. The summed E-state index contributed by atoms with van der Waals surface area (Å²) in [7, 11) is 0. The van der Waals surface area contributed by atoms with Crippen LogP contribution < -0.4 is 16.2 Å². The number of ether oxygens (including phenoxy) is 2. The van der Waals surface area contributed by atoms with Crippen molar-refractivity contribution < 1.29 is 27.8 Å². The molecule has 0 saturated carbocycles. The normalized spacial score (nSPS) is 16.8. The van der Waals surface area contributed by atoms with Crippen LogP contribution in [0.1, 0.15) is 11.1 Å². The molecule has 1 unspecified atom stereocenters. The van der Waals surface area contributed by atoms with Gasteiger partial charge in [0, 0.05) is 22.9 Å². The van der Waals surface area contributed by atoms with E-state index < -0.39 is 11.4 Å². The summed E-state index contributed by atoms with van der Waals surface area (Å²) in [6.07, 6.45) is 1.73. The summed E-state index contributed by atoms with van der Waals surface area (Å²) >= 11 is 12.2. The van der Waals surface area contributed by atoms with E-state index in [0.717, 1.165) is 0 Å². The number of aromatic nitrogens is 1. The highest BCUT2D eigenvalue weighted by molar-refractivity contribution is 9.10. The lowest BCUT2D eigenvalue weighted by Gasteiger charge is -2.33. The van der Waals surface area contributed by atoms with E-state index >= 15 is 0 Å². The van der Waals surface area contributed by atoms with Gasteiger partial charge in [0.1, 0.15) is 29.1 Å². The zero-order valence-electron chi connectivity index (χ0n) is 16.8. The van der Waals surface area contributed by atoms with E-state index in [2.05, 4.69) is 41.8 Å². The van der Waals surface area contributed by atoms with Gasteiger partial charge in [-0.15, -0.1) is 0 Å². The summed E-state index contributed by atoms with van der Waals surface area (Å²) in [6.45, 7) is 0.181. The van der Waals surface area contributed by atoms with Gasteiger partial charge in [-0.1, -0.05) is 11.6 Å². The minimum absolute atomic E-state index is 0.0622. The second kappa shape index (κ2) is 10.5. The third-order valence-corrected chi connectivity index (χ3v) is 6.10. The fraction of sp³-hybridized carbons (Fsp3) is 0.0952. The molecule has 1 atom stereocenters. The number of pyridine rings is 1. The van der Waals surface area contributed by atoms with Crippen LogP contribution in [0.5, 0.6) is 11.5 Å². The molecule has 5 rings (SSSR count). The molecule has 34 heavy (non-hydrogen) atoms. The fourth-order valence-corrected chi connectivity index (χ4v) is 3.99. The molecule has 176 valence electrons. The lowest BCUT2D eigenvalue weighted by atomic mass is 9.82. The van der Waals surface area contributed by atoms with E-state index in [4.69, 9.17) is 42.1 Å². The molecule has 0 aliphatic carbocycles. The topological polar surface area (TPSA) is 130 Å². The Labute approximate surface area is 213 Å². The lowest BCUT2D eigenvalue weighted by Crippen LogP contribution is -2.31. The molecule has 2 aliphatic rings. The number of amidine groups is 1. The van der Waals surface area contributed by atoms with Gasteiger partial charge in [-0.25, -0.2) is 18.8 Å². The predicted octanol–water partition coefficient (Wildman–Crippen LogP) is 4.92. The van der Waals surface area contributed by atoms with Crippen molar-refractivity contribution in [1.29, 1.82) is 0 Å². The second-order valence-electron chi connectivity index (χ2n) is 6.72. The molecule has 0 amide bonds. The van der Waals surface area contributed by atoms with E-state index in [1.165, 1.54) is 18.3 Å². The Hall–Kier alpha value is -3.05. The average Bonchev–Trinajstić information content (AvgIpc) is 3.17. The zero-order chi connectivity index (χ0) is 25.0. The first-order valence-electron chi connectivity index (χ1n) is 9.12. The van der Waals surface area contributed by atoms with Crippen LogP contribution in [0.25, 0.3) is 0 Å². The summed E-state index contributed by atoms with van der Waals surface area (Å²) < 4.78 is 38.2. The molecule has 2 aromatic carbocycles. The van der Waals surface area contributed by atoms with Crippen LogP contribution in [-0.2, 0) is 19.9 Å². The first-order chi connectivity index (χ1) is 16.1. The summed E-state index contributed by atoms with van der Waals surface area (Å²) in [5.74, 6) is 0.0326. The Morgan fingerprint density at radius 3 is 2.24 bits per heavy atom. The summed E-state index contributed by atoms with van der Waals surface area (Å²) in [5.41, 5.74) is 11.8. The van der Waals surface area contributed by atoms with E-state index in [0.29, 0.717) is 42.4 Å². The Balaban J connectivity index is 0.000000226. The molecule has 0 fully saturated rings. The molecule has 3 aromatic rings. The van der Waals surface area contributed by atoms with Gasteiger partial charge in [0.05, 0.1) is 15.1 Å². The zero-order valence-corrected chi connectivity index (χ0v) is 20.7. The summed E-state index contributed by atoms with van der Waals surface area (Å²) in [4.78, 5) is 24.7. The lowest BCUT2D eigenvalue weighted by molar-refractivity contribution is -0.191. The molecule has 1 spiro atoms. The molecule has 0 radical (unpaired) electrons. The molecule has 1 aromatic heterocycles. The van der Waals surface area contributed by atoms with Crippen molar-refractivity contribution in [2.75, 3.05) is 12.3 Å². The second-order valence-corrected chi connectivity index (χ2v) is 8.82. The molecule has 13 heteroatoms. The molecule has 8 nitrogen and oxygen atoms in total. The minimum atomic E-state index is -0.921. The summed E-state index contributed by atoms with van der Waals surface area (Å²) in [6, 6.07) is 9.10. The van der Waals surface area contributed by atoms with Crippen molar-refractivity contribution in [2.24, 2.45) is 10.7 Å². The number of rotatable bonds is 0. The summed E-state index contributed by atoms with van der Waals surface area (Å²) in [5, 5.41) is 0.298. The number of nitrogen functional groups attached to an aromatic ring is 1. The average molecular weight is 619 g/mol. The van der Waals surface area contributed by atoms with Gasteiger partial charge in [0.2, 0.25) is 0 Å². The van der Waals surface area contributed by atoms with Gasteiger partial charge < -0.3 is 20.9 Å². The van der Waals surface area contributed by atoms with Crippen LogP contribution in [0.15, 0.2) is 56.5 Å². The number of carbonyl (C=O) groups excluding carboxylic acids is 2. The van der Waals surface area contributed by atoms with Crippen molar-refractivity contribution in [3.05, 3.63) is 79.5 Å². The molecule has 0 saturated heterocycles. The SMILES string of the molecule is NC1=NC2(CO1)c1cc(Cl)ncc1Oc1cc(F)c(Br)cc12.Nc1ccc(Br)c(F)c1.O=C=O. The van der Waals surface area contributed by atoms with Gasteiger partial charge >= 0.3 is 6.15 Å². The number of nitrogens with zero attached hydrogens (tertiary/aromatic N) is 2. The number of hydrogen-bond donors (Lipinski definition) is 2. The number of anilines is 1. The van der Waals surface area contributed by atoms with Gasteiger partial charge in [-0.3, -0.25) is 0 Å². The standard InChI is InChI=1S/C14H8BrClFN3O2.C6H5BrFN.CO2/c15-8-1-6-10(3-9(8)17)22-11-4-19-12(16)2-7(11)14(6)5-21-13(18)20-14;7-5-2-1-4(9)3-6(5)8;2-1-3/h1-4H,5H2,(H2,18,20);1-3H,9H2;. The van der Waals surface area contributed by atoms with E-state index in [9.17, 15) is 8.78 Å². The van der Waals surface area contributed by atoms with Crippen molar-refractivity contribution in [3.63, 3.8) is 0 Å². The van der Waals surface area contributed by atoms with Gasteiger partial charge in [-0.2, -0.15) is 9.59 Å². The first-order valence-corrected chi connectivity index (χ1v) is 11.1. The van der Waals surface area contributed by atoms with Crippen LogP contribution in [0.2, 0.25) is 5.15 Å². The number of nitrogens with two attached hydrogens (primary N) is 2. The highest BCUT2D eigenvalue weighted by Crippen LogP contribution is 2.51. The Kier molecular flexibility index (Phi) is 7.88. The van der Waals surface area contributed by atoms with Crippen molar-refractivity contribution >= 4 is 61.3 Å². The van der Waals surface area contributed by atoms with Gasteiger partial charge in [0.25, 0.3) is 6.02 Å². The van der Waals surface area contributed by atoms with Crippen LogP contribution >= 0.6 is 43.5 Å². The quantitative estimate of drug-likeness (QED) is 0.270. The fourth-order valence-electron chi connectivity index (χ4n) is 3.24. The van der Waals surface area contributed by atoms with Crippen molar-refractivity contribution in [3.8, 4) is 11.5 Å². The first kappa shape index (κ1) is 25.6. The molecule has 3 heterocycles. The molecule has 0 bridgehead atoms. The van der Waals surface area contributed by atoms with Gasteiger partial charge in [-0.05, 0) is 62.2 Å². The monoisotopic (exact) mass is 616 g/mol. The van der Waals surface area contributed by atoms with E-state index in [-0.39, 0.29) is 24.6 Å². The third kappa shape index (κ3) is 5.20. The number of halogens is 5. The maximum atomic E-state index is 13.8. The number of fused-ring (bicyclic) bond motifs is 4. The van der Waals surface area contributed by atoms with Crippen LogP contribution in [-0.4, -0.2) is 23.8 Å². The maximum absolute atomic E-state index is 13.8. The molecular weight excluding hydrogens is 606 g/mol. The predicted molar refractivity (Wildman–Crippen MR) is 125 cm³/mol. The largest absolute Gasteiger partial charge is 0.462 e.